The van der Waals surface area contributed by atoms with Gasteiger partial charge in [-0.05, 0) is 6.92 Å². The van der Waals surface area contributed by atoms with Crippen molar-refractivity contribution in [1.82, 2.24) is 0 Å². The lowest BCUT2D eigenvalue weighted by molar-refractivity contribution is 0.0979. The Kier molecular flexibility index (Phi) is 3.00. The minimum absolute atomic E-state index is 0.0214. The number of carbonyl (C=O) groups excluding carboxylic acids is 2. The van der Waals surface area contributed by atoms with E-state index in [4.69, 9.17) is 11.6 Å². The van der Waals surface area contributed by atoms with Crippen LogP contribution in [0.15, 0.2) is 34.9 Å². The second kappa shape index (κ2) is 4.15. The molecule has 1 atom stereocenters. The van der Waals surface area contributed by atoms with Gasteiger partial charge in [-0.1, -0.05) is 51.8 Å². The fourth-order valence-electron chi connectivity index (χ4n) is 1.72. The molecule has 0 fully saturated rings. The molecule has 0 spiro atoms. The molecular weight excluding hydrogens is 291 g/mol. The topological polar surface area (TPSA) is 34.1 Å². The SMILES string of the molecule is CC(Br)C1=C(Cl)C(=O)c2ccccc2C1=O. The van der Waals surface area contributed by atoms with E-state index in [-0.39, 0.29) is 21.4 Å². The van der Waals surface area contributed by atoms with Crippen molar-refractivity contribution in [1.29, 1.82) is 0 Å². The second-order valence-electron chi connectivity index (χ2n) is 3.55. The number of rotatable bonds is 1. The molecule has 0 aromatic heterocycles. The molecule has 1 aromatic rings. The number of hydrogen-bond acceptors (Lipinski definition) is 2. The number of ketones is 2. The van der Waals surface area contributed by atoms with Gasteiger partial charge in [0.05, 0.1) is 5.03 Å². The Morgan fingerprint density at radius 3 is 2.12 bits per heavy atom. The van der Waals surface area contributed by atoms with Gasteiger partial charge in [0.25, 0.3) is 0 Å². The van der Waals surface area contributed by atoms with Gasteiger partial charge in [-0.3, -0.25) is 9.59 Å². The maximum absolute atomic E-state index is 12.1. The van der Waals surface area contributed by atoms with E-state index in [0.29, 0.717) is 16.7 Å². The molecule has 4 heteroatoms. The fraction of sp³-hybridized carbons (Fsp3) is 0.167. The summed E-state index contributed by atoms with van der Waals surface area (Å²) in [5.41, 5.74) is 1.15. The maximum Gasteiger partial charge on any atom is 0.205 e. The van der Waals surface area contributed by atoms with Crippen LogP contribution in [0.25, 0.3) is 0 Å². The van der Waals surface area contributed by atoms with Crippen molar-refractivity contribution in [2.24, 2.45) is 0 Å². The first-order valence-corrected chi connectivity index (χ1v) is 6.05. The molecule has 1 aliphatic carbocycles. The Hall–Kier alpha value is -0.930. The van der Waals surface area contributed by atoms with Crippen molar-refractivity contribution in [3.8, 4) is 0 Å². The lowest BCUT2D eigenvalue weighted by Crippen LogP contribution is -2.23. The molecule has 2 rings (SSSR count). The predicted molar refractivity (Wildman–Crippen MR) is 66.4 cm³/mol. The van der Waals surface area contributed by atoms with E-state index in [0.717, 1.165) is 0 Å². The smallest absolute Gasteiger partial charge is 0.205 e. The van der Waals surface area contributed by atoms with E-state index in [2.05, 4.69) is 15.9 Å². The number of hydrogen-bond donors (Lipinski definition) is 0. The van der Waals surface area contributed by atoms with E-state index < -0.39 is 0 Å². The summed E-state index contributed by atoms with van der Waals surface area (Å²) in [7, 11) is 0. The summed E-state index contributed by atoms with van der Waals surface area (Å²) >= 11 is 9.21. The van der Waals surface area contributed by atoms with Crippen LogP contribution < -0.4 is 0 Å². The van der Waals surface area contributed by atoms with Crippen LogP contribution in [0.1, 0.15) is 27.6 Å². The molecule has 0 N–H and O–H groups in total. The fourth-order valence-corrected chi connectivity index (χ4v) is 2.64. The number of alkyl halides is 1. The molecule has 1 aromatic carbocycles. The van der Waals surface area contributed by atoms with Crippen LogP contribution in [0.2, 0.25) is 0 Å². The van der Waals surface area contributed by atoms with Gasteiger partial charge in [-0.15, -0.1) is 0 Å². The van der Waals surface area contributed by atoms with Crippen LogP contribution in [0.3, 0.4) is 0 Å². The average molecular weight is 300 g/mol. The highest BCUT2D eigenvalue weighted by atomic mass is 79.9. The first-order chi connectivity index (χ1) is 7.54. The first-order valence-electron chi connectivity index (χ1n) is 4.76. The van der Waals surface area contributed by atoms with E-state index >= 15 is 0 Å². The normalized spacial score (nSPS) is 17.4. The van der Waals surface area contributed by atoms with Crippen molar-refractivity contribution in [3.63, 3.8) is 0 Å². The molecule has 0 radical (unpaired) electrons. The highest BCUT2D eigenvalue weighted by Crippen LogP contribution is 2.32. The highest BCUT2D eigenvalue weighted by Gasteiger charge is 2.32. The molecule has 82 valence electrons. The largest absolute Gasteiger partial charge is 0.289 e. The number of carbonyl (C=O) groups is 2. The van der Waals surface area contributed by atoms with Crippen LogP contribution in [-0.4, -0.2) is 16.4 Å². The molecule has 0 amide bonds. The molecule has 0 aliphatic heterocycles. The average Bonchev–Trinajstić information content (AvgIpc) is 2.26. The maximum atomic E-state index is 12.1. The van der Waals surface area contributed by atoms with Crippen LogP contribution >= 0.6 is 27.5 Å². The van der Waals surface area contributed by atoms with Gasteiger partial charge < -0.3 is 0 Å². The van der Waals surface area contributed by atoms with Crippen LogP contribution in [0.4, 0.5) is 0 Å². The van der Waals surface area contributed by atoms with Gasteiger partial charge in [-0.2, -0.15) is 0 Å². The molecule has 0 heterocycles. The molecule has 1 unspecified atom stereocenters. The third-order valence-corrected chi connectivity index (χ3v) is 3.33. The van der Waals surface area contributed by atoms with Gasteiger partial charge >= 0.3 is 0 Å². The van der Waals surface area contributed by atoms with Crippen molar-refractivity contribution in [2.75, 3.05) is 0 Å². The zero-order valence-corrected chi connectivity index (χ0v) is 10.8. The third kappa shape index (κ3) is 1.64. The zero-order chi connectivity index (χ0) is 11.9. The number of halogens is 2. The highest BCUT2D eigenvalue weighted by molar-refractivity contribution is 9.09. The van der Waals surface area contributed by atoms with Crippen molar-refractivity contribution < 1.29 is 9.59 Å². The van der Waals surface area contributed by atoms with Gasteiger partial charge in [-0.25, -0.2) is 0 Å². The van der Waals surface area contributed by atoms with Gasteiger partial charge in [0, 0.05) is 21.5 Å². The molecule has 0 saturated heterocycles. The third-order valence-electron chi connectivity index (χ3n) is 2.49. The molecule has 2 nitrogen and oxygen atoms in total. The predicted octanol–water partition coefficient (Wildman–Crippen LogP) is 3.34. The van der Waals surface area contributed by atoms with Crippen molar-refractivity contribution in [3.05, 3.63) is 46.0 Å². The van der Waals surface area contributed by atoms with Crippen LogP contribution in [0.5, 0.6) is 0 Å². The summed E-state index contributed by atoms with van der Waals surface area (Å²) in [6, 6.07) is 6.72. The first kappa shape index (κ1) is 11.6. The number of allylic oxidation sites excluding steroid dienone is 2. The van der Waals surface area contributed by atoms with E-state index in [1.807, 2.05) is 0 Å². The number of fused-ring (bicyclic) bond motifs is 1. The summed E-state index contributed by atoms with van der Waals surface area (Å²) < 4.78 is 0. The molecule has 0 saturated carbocycles. The van der Waals surface area contributed by atoms with Gasteiger partial charge in [0.1, 0.15) is 0 Å². The minimum Gasteiger partial charge on any atom is -0.289 e. The Morgan fingerprint density at radius 1 is 1.12 bits per heavy atom. The molecule has 0 bridgehead atoms. The molecule has 1 aliphatic rings. The van der Waals surface area contributed by atoms with Crippen molar-refractivity contribution in [2.45, 2.75) is 11.8 Å². The summed E-state index contributed by atoms with van der Waals surface area (Å²) in [5, 5.41) is 0.0214. The Balaban J connectivity index is 2.68. The Labute approximate surface area is 106 Å². The van der Waals surface area contributed by atoms with E-state index in [1.54, 1.807) is 31.2 Å². The minimum atomic E-state index is -0.279. The monoisotopic (exact) mass is 298 g/mol. The van der Waals surface area contributed by atoms with Crippen LogP contribution in [-0.2, 0) is 0 Å². The zero-order valence-electron chi connectivity index (χ0n) is 8.46. The second-order valence-corrected chi connectivity index (χ2v) is 5.30. The standard InChI is InChI=1S/C12H8BrClO2/c1-6(13)9-10(14)12(16)8-5-3-2-4-7(8)11(9)15/h2-6H,1H3. The summed E-state index contributed by atoms with van der Waals surface area (Å²) in [4.78, 5) is 23.8. The Morgan fingerprint density at radius 2 is 1.62 bits per heavy atom. The molecular formula is C12H8BrClO2. The number of benzene rings is 1. The van der Waals surface area contributed by atoms with Crippen LogP contribution in [0, 0.1) is 0 Å². The van der Waals surface area contributed by atoms with Crippen molar-refractivity contribution >= 4 is 39.1 Å². The van der Waals surface area contributed by atoms with E-state index in [1.165, 1.54) is 0 Å². The number of Topliss-reactive ketones (excluding diaryl/α,β-unsaturated/α-hetero) is 2. The molecule has 16 heavy (non-hydrogen) atoms. The lowest BCUT2D eigenvalue weighted by Gasteiger charge is -2.18. The van der Waals surface area contributed by atoms with Gasteiger partial charge in [0.15, 0.2) is 5.78 Å². The summed E-state index contributed by atoms with van der Waals surface area (Å²) in [5.74, 6) is -0.456. The summed E-state index contributed by atoms with van der Waals surface area (Å²) in [6.07, 6.45) is 0. The summed E-state index contributed by atoms with van der Waals surface area (Å²) in [6.45, 7) is 1.77. The quantitative estimate of drug-likeness (QED) is 0.745. The Bertz CT molecular complexity index is 518. The lowest BCUT2D eigenvalue weighted by atomic mass is 9.88. The van der Waals surface area contributed by atoms with Gasteiger partial charge in [0.2, 0.25) is 5.78 Å². The van der Waals surface area contributed by atoms with E-state index in [9.17, 15) is 9.59 Å².